The third-order valence-electron chi connectivity index (χ3n) is 4.48. The Bertz CT molecular complexity index is 1020. The molecular formula is C21H19N5O2. The van der Waals surface area contributed by atoms with E-state index in [2.05, 4.69) is 20.6 Å². The molecule has 1 aliphatic heterocycles. The summed E-state index contributed by atoms with van der Waals surface area (Å²) < 4.78 is 0. The average molecular weight is 373 g/mol. The lowest BCUT2D eigenvalue weighted by Crippen LogP contribution is -2.40. The fraction of sp³-hybridized carbons (Fsp3) is 0.143. The van der Waals surface area contributed by atoms with Crippen LogP contribution in [0.25, 0.3) is 0 Å². The molecule has 3 aromatic rings. The number of benzene rings is 1. The van der Waals surface area contributed by atoms with E-state index in [9.17, 15) is 9.59 Å². The lowest BCUT2D eigenvalue weighted by Gasteiger charge is -2.29. The molecule has 140 valence electrons. The highest BCUT2D eigenvalue weighted by Crippen LogP contribution is 2.30. The number of carbonyl (C=O) groups excluding carboxylic acids is 2. The molecule has 2 amide bonds. The number of carbonyl (C=O) groups is 2. The first-order valence-corrected chi connectivity index (χ1v) is 8.92. The molecule has 0 saturated heterocycles. The minimum Gasteiger partial charge on any atom is -0.359 e. The van der Waals surface area contributed by atoms with E-state index in [1.807, 2.05) is 43.3 Å². The van der Waals surface area contributed by atoms with Gasteiger partial charge in [-0.05, 0) is 30.7 Å². The van der Waals surface area contributed by atoms with Gasteiger partial charge < -0.3 is 15.5 Å². The molecule has 0 unspecified atom stereocenters. The summed E-state index contributed by atoms with van der Waals surface area (Å²) in [6.45, 7) is 2.47. The highest BCUT2D eigenvalue weighted by molar-refractivity contribution is 6.07. The van der Waals surface area contributed by atoms with E-state index in [0.717, 1.165) is 11.3 Å². The molecule has 4 rings (SSSR count). The second kappa shape index (κ2) is 7.48. The number of rotatable bonds is 4. The van der Waals surface area contributed by atoms with Gasteiger partial charge in [0.05, 0.1) is 36.2 Å². The first-order chi connectivity index (χ1) is 13.6. The average Bonchev–Trinajstić information content (AvgIpc) is 2.72. The maximum Gasteiger partial charge on any atom is 0.257 e. The van der Waals surface area contributed by atoms with Gasteiger partial charge in [0.15, 0.2) is 5.82 Å². The zero-order valence-electron chi connectivity index (χ0n) is 15.3. The number of aryl methyl sites for hydroxylation is 1. The number of hydrogen-bond acceptors (Lipinski definition) is 5. The van der Waals surface area contributed by atoms with Crippen LogP contribution in [0, 0.1) is 6.92 Å². The monoisotopic (exact) mass is 373 g/mol. The van der Waals surface area contributed by atoms with Crippen LogP contribution in [-0.4, -0.2) is 28.3 Å². The predicted molar refractivity (Wildman–Crippen MR) is 107 cm³/mol. The van der Waals surface area contributed by atoms with Crippen LogP contribution in [-0.2, 0) is 11.3 Å². The van der Waals surface area contributed by atoms with Crippen molar-refractivity contribution in [1.29, 1.82) is 0 Å². The molecule has 2 N–H and O–H groups in total. The molecule has 0 radical (unpaired) electrons. The van der Waals surface area contributed by atoms with E-state index in [-0.39, 0.29) is 18.4 Å². The Morgan fingerprint density at radius 3 is 2.71 bits per heavy atom. The van der Waals surface area contributed by atoms with Crippen molar-refractivity contribution in [2.24, 2.45) is 0 Å². The Morgan fingerprint density at radius 2 is 1.96 bits per heavy atom. The van der Waals surface area contributed by atoms with Crippen LogP contribution in [0.2, 0.25) is 0 Å². The zero-order chi connectivity index (χ0) is 19.5. The first kappa shape index (κ1) is 17.7. The van der Waals surface area contributed by atoms with Crippen molar-refractivity contribution in [3.8, 4) is 0 Å². The third-order valence-corrected chi connectivity index (χ3v) is 4.48. The van der Waals surface area contributed by atoms with Gasteiger partial charge in [-0.1, -0.05) is 30.3 Å². The van der Waals surface area contributed by atoms with Gasteiger partial charge in [-0.25, -0.2) is 4.98 Å². The van der Waals surface area contributed by atoms with Gasteiger partial charge >= 0.3 is 0 Å². The first-order valence-electron chi connectivity index (χ1n) is 8.92. The standard InChI is InChI=1S/C21H19N5O2/c1-14-7-8-17(11-22-14)25-21(28)16-9-18-20(23-10-16)24-12-19(27)26(18)13-15-5-3-2-4-6-15/h2-11H,12-13H2,1H3,(H,23,24)(H,25,28). The van der Waals surface area contributed by atoms with Crippen molar-refractivity contribution < 1.29 is 9.59 Å². The Hall–Kier alpha value is -3.74. The van der Waals surface area contributed by atoms with Crippen molar-refractivity contribution in [2.45, 2.75) is 13.5 Å². The van der Waals surface area contributed by atoms with Crippen LogP contribution in [0.15, 0.2) is 60.9 Å². The Labute approximate surface area is 162 Å². The molecule has 0 spiro atoms. The van der Waals surface area contributed by atoms with Crippen LogP contribution in [0.5, 0.6) is 0 Å². The number of hydrogen-bond donors (Lipinski definition) is 2. The minimum absolute atomic E-state index is 0.0709. The minimum atomic E-state index is -0.307. The van der Waals surface area contributed by atoms with Crippen molar-refractivity contribution in [3.63, 3.8) is 0 Å². The third kappa shape index (κ3) is 3.68. The topological polar surface area (TPSA) is 87.2 Å². The summed E-state index contributed by atoms with van der Waals surface area (Å²) in [4.78, 5) is 35.3. The van der Waals surface area contributed by atoms with Gasteiger partial charge in [0, 0.05) is 11.9 Å². The summed E-state index contributed by atoms with van der Waals surface area (Å²) in [6.07, 6.45) is 3.10. The molecule has 0 saturated carbocycles. The Kier molecular flexibility index (Phi) is 4.72. The largest absolute Gasteiger partial charge is 0.359 e. The lowest BCUT2D eigenvalue weighted by atomic mass is 10.1. The summed E-state index contributed by atoms with van der Waals surface area (Å²) in [5.74, 6) is 0.209. The number of amides is 2. The molecule has 28 heavy (non-hydrogen) atoms. The highest BCUT2D eigenvalue weighted by atomic mass is 16.2. The van der Waals surface area contributed by atoms with Crippen LogP contribution in [0.3, 0.4) is 0 Å². The molecule has 0 aliphatic carbocycles. The van der Waals surface area contributed by atoms with Crippen molar-refractivity contribution >= 4 is 29.0 Å². The molecule has 0 atom stereocenters. The lowest BCUT2D eigenvalue weighted by molar-refractivity contribution is -0.117. The number of aromatic nitrogens is 2. The van der Waals surface area contributed by atoms with Crippen LogP contribution in [0.1, 0.15) is 21.6 Å². The summed E-state index contributed by atoms with van der Waals surface area (Å²) in [5, 5.41) is 5.81. The second-order valence-corrected chi connectivity index (χ2v) is 6.55. The smallest absolute Gasteiger partial charge is 0.257 e. The second-order valence-electron chi connectivity index (χ2n) is 6.55. The predicted octanol–water partition coefficient (Wildman–Crippen LogP) is 3.00. The quantitative estimate of drug-likeness (QED) is 0.734. The fourth-order valence-electron chi connectivity index (χ4n) is 2.99. The van der Waals surface area contributed by atoms with E-state index in [1.165, 1.54) is 6.20 Å². The molecular weight excluding hydrogens is 354 g/mol. The fourth-order valence-corrected chi connectivity index (χ4v) is 2.99. The van der Waals surface area contributed by atoms with Gasteiger partial charge in [-0.3, -0.25) is 14.6 Å². The Morgan fingerprint density at radius 1 is 1.14 bits per heavy atom. The summed E-state index contributed by atoms with van der Waals surface area (Å²) in [6, 6.07) is 15.0. The SMILES string of the molecule is Cc1ccc(NC(=O)c2cnc3c(c2)N(Cc2ccccc2)C(=O)CN3)cn1. The van der Waals surface area contributed by atoms with Crippen LogP contribution >= 0.6 is 0 Å². The number of anilines is 3. The number of fused-ring (bicyclic) bond motifs is 1. The summed E-state index contributed by atoms with van der Waals surface area (Å²) in [5.41, 5.74) is 3.44. The zero-order valence-corrected chi connectivity index (χ0v) is 15.3. The maximum absolute atomic E-state index is 12.6. The van der Waals surface area contributed by atoms with E-state index in [1.54, 1.807) is 23.2 Å². The van der Waals surface area contributed by atoms with Crippen molar-refractivity contribution in [1.82, 2.24) is 9.97 Å². The highest BCUT2D eigenvalue weighted by Gasteiger charge is 2.26. The molecule has 1 aliphatic rings. The van der Waals surface area contributed by atoms with Crippen molar-refractivity contribution in [3.05, 3.63) is 77.7 Å². The van der Waals surface area contributed by atoms with E-state index in [4.69, 9.17) is 0 Å². The molecule has 0 fully saturated rings. The molecule has 7 heteroatoms. The number of nitrogens with one attached hydrogen (secondary N) is 2. The Balaban J connectivity index is 1.61. The molecule has 2 aromatic heterocycles. The van der Waals surface area contributed by atoms with E-state index >= 15 is 0 Å². The molecule has 1 aromatic carbocycles. The summed E-state index contributed by atoms with van der Waals surface area (Å²) >= 11 is 0. The van der Waals surface area contributed by atoms with Gasteiger partial charge in [-0.2, -0.15) is 0 Å². The summed E-state index contributed by atoms with van der Waals surface area (Å²) in [7, 11) is 0. The van der Waals surface area contributed by atoms with Gasteiger partial charge in [0.2, 0.25) is 5.91 Å². The van der Waals surface area contributed by atoms with Gasteiger partial charge in [-0.15, -0.1) is 0 Å². The van der Waals surface area contributed by atoms with Gasteiger partial charge in [0.25, 0.3) is 5.91 Å². The maximum atomic E-state index is 12.6. The van der Waals surface area contributed by atoms with Crippen molar-refractivity contribution in [2.75, 3.05) is 22.1 Å². The molecule has 7 nitrogen and oxygen atoms in total. The van der Waals surface area contributed by atoms with E-state index in [0.29, 0.717) is 29.3 Å². The van der Waals surface area contributed by atoms with E-state index < -0.39 is 0 Å². The van der Waals surface area contributed by atoms with Crippen LogP contribution in [0.4, 0.5) is 17.2 Å². The normalized spacial score (nSPS) is 12.9. The molecule has 3 heterocycles. The molecule has 0 bridgehead atoms. The van der Waals surface area contributed by atoms with Crippen LogP contribution < -0.4 is 15.5 Å². The van der Waals surface area contributed by atoms with Gasteiger partial charge in [0.1, 0.15) is 0 Å². The number of nitrogens with zero attached hydrogens (tertiary/aromatic N) is 3. The number of pyridine rings is 2.